The Balaban J connectivity index is 2.82. The molecule has 0 heterocycles. The van der Waals surface area contributed by atoms with Gasteiger partial charge in [0, 0.05) is 25.1 Å². The minimum atomic E-state index is -0.0820. The highest BCUT2D eigenvalue weighted by atomic mass is 16.5. The van der Waals surface area contributed by atoms with Crippen LogP contribution in [0.3, 0.4) is 0 Å². The molecule has 5 heteroatoms. The molecule has 0 aliphatic rings. The first-order chi connectivity index (χ1) is 10.9. The predicted octanol–water partition coefficient (Wildman–Crippen LogP) is 2.56. The van der Waals surface area contributed by atoms with Crippen molar-refractivity contribution < 1.29 is 9.47 Å². The van der Waals surface area contributed by atoms with Crippen LogP contribution >= 0.6 is 0 Å². The number of hydrogen-bond acceptors (Lipinski definition) is 3. The molecule has 1 rings (SSSR count). The molecule has 0 fully saturated rings. The third-order valence-electron chi connectivity index (χ3n) is 3.63. The molecule has 0 aromatic heterocycles. The maximum absolute atomic E-state index is 5.32. The van der Waals surface area contributed by atoms with Crippen LogP contribution < -0.4 is 15.4 Å². The summed E-state index contributed by atoms with van der Waals surface area (Å²) >= 11 is 0. The van der Waals surface area contributed by atoms with E-state index in [1.54, 1.807) is 14.2 Å². The van der Waals surface area contributed by atoms with Crippen molar-refractivity contribution in [3.8, 4) is 5.75 Å². The van der Waals surface area contributed by atoms with Crippen LogP contribution in [-0.4, -0.2) is 45.9 Å². The van der Waals surface area contributed by atoms with Crippen LogP contribution in [0.5, 0.6) is 5.75 Å². The van der Waals surface area contributed by atoms with Gasteiger partial charge in [0.1, 0.15) is 5.75 Å². The highest BCUT2D eigenvalue weighted by Crippen LogP contribution is 2.26. The lowest BCUT2D eigenvalue weighted by atomic mass is 9.85. The molecule has 1 atom stereocenters. The Labute approximate surface area is 140 Å². The molecule has 0 radical (unpaired) electrons. The second-order valence-electron chi connectivity index (χ2n) is 6.31. The smallest absolute Gasteiger partial charge is 0.191 e. The molecule has 5 nitrogen and oxygen atoms in total. The number of nitrogens with zero attached hydrogens (tertiary/aromatic N) is 1. The Kier molecular flexibility index (Phi) is 7.89. The minimum absolute atomic E-state index is 0.0820. The number of rotatable bonds is 8. The van der Waals surface area contributed by atoms with Gasteiger partial charge in [-0.05, 0) is 31.5 Å². The van der Waals surface area contributed by atoms with Crippen LogP contribution in [0.15, 0.2) is 29.3 Å². The van der Waals surface area contributed by atoms with Gasteiger partial charge in [-0.3, -0.25) is 4.99 Å². The molecule has 0 amide bonds. The molecule has 0 bridgehead atoms. The van der Waals surface area contributed by atoms with Crippen LogP contribution in [0, 0.1) is 0 Å². The van der Waals surface area contributed by atoms with E-state index in [4.69, 9.17) is 14.5 Å². The maximum Gasteiger partial charge on any atom is 0.191 e. The van der Waals surface area contributed by atoms with Gasteiger partial charge in [-0.25, -0.2) is 0 Å². The van der Waals surface area contributed by atoms with E-state index in [1.807, 2.05) is 12.1 Å². The first-order valence-electron chi connectivity index (χ1n) is 8.11. The van der Waals surface area contributed by atoms with Crippen molar-refractivity contribution in [3.05, 3.63) is 29.8 Å². The molecule has 1 aromatic carbocycles. The number of aliphatic imine (C=N–C) groups is 1. The van der Waals surface area contributed by atoms with Crippen molar-refractivity contribution in [1.82, 2.24) is 10.6 Å². The minimum Gasteiger partial charge on any atom is -0.497 e. The summed E-state index contributed by atoms with van der Waals surface area (Å²) in [4.78, 5) is 4.74. The van der Waals surface area contributed by atoms with Crippen molar-refractivity contribution in [2.45, 2.75) is 39.2 Å². The lowest BCUT2D eigenvalue weighted by Gasteiger charge is -2.25. The van der Waals surface area contributed by atoms with Crippen LogP contribution in [0.1, 0.15) is 33.3 Å². The van der Waals surface area contributed by atoms with Gasteiger partial charge in [0.05, 0.1) is 20.3 Å². The summed E-state index contributed by atoms with van der Waals surface area (Å²) in [6, 6.07) is 8.37. The average molecular weight is 321 g/mol. The van der Waals surface area contributed by atoms with Crippen molar-refractivity contribution in [2.75, 3.05) is 33.9 Å². The summed E-state index contributed by atoms with van der Waals surface area (Å²) in [5.74, 6) is 1.69. The molecular weight excluding hydrogens is 290 g/mol. The first-order valence-corrected chi connectivity index (χ1v) is 8.11. The Morgan fingerprint density at radius 2 is 2.04 bits per heavy atom. The van der Waals surface area contributed by atoms with Gasteiger partial charge in [0.15, 0.2) is 5.96 Å². The van der Waals surface area contributed by atoms with E-state index in [1.165, 1.54) is 5.56 Å². The van der Waals surface area contributed by atoms with Crippen LogP contribution in [-0.2, 0) is 10.2 Å². The lowest BCUT2D eigenvalue weighted by molar-refractivity contribution is 0.179. The Bertz CT molecular complexity index is 501. The fourth-order valence-corrected chi connectivity index (χ4v) is 2.26. The molecule has 0 aliphatic carbocycles. The van der Waals surface area contributed by atoms with Crippen molar-refractivity contribution in [3.63, 3.8) is 0 Å². The SMILES string of the molecule is CCNC(=NCC(C)(C)c1cccc(OC)c1)NC(C)COC. The van der Waals surface area contributed by atoms with Crippen LogP contribution in [0.2, 0.25) is 0 Å². The normalized spacial score (nSPS) is 13.6. The standard InChI is InChI=1S/C18H31N3O2/c1-7-19-17(21-14(2)12-22-5)20-13-18(3,4)15-9-8-10-16(11-15)23-6/h8-11,14H,7,12-13H2,1-6H3,(H2,19,20,21). The Morgan fingerprint density at radius 1 is 1.30 bits per heavy atom. The molecule has 2 N–H and O–H groups in total. The fraction of sp³-hybridized carbons (Fsp3) is 0.611. The van der Waals surface area contributed by atoms with Gasteiger partial charge in [0.2, 0.25) is 0 Å². The molecule has 0 saturated carbocycles. The Morgan fingerprint density at radius 3 is 2.65 bits per heavy atom. The zero-order valence-electron chi connectivity index (χ0n) is 15.3. The topological polar surface area (TPSA) is 54.9 Å². The summed E-state index contributed by atoms with van der Waals surface area (Å²) in [5.41, 5.74) is 1.13. The average Bonchev–Trinajstić information content (AvgIpc) is 2.53. The lowest BCUT2D eigenvalue weighted by Crippen LogP contribution is -2.44. The van der Waals surface area contributed by atoms with Gasteiger partial charge in [0.25, 0.3) is 0 Å². The number of hydrogen-bond donors (Lipinski definition) is 2. The molecule has 1 aromatic rings. The monoisotopic (exact) mass is 321 g/mol. The van der Waals surface area contributed by atoms with E-state index < -0.39 is 0 Å². The van der Waals surface area contributed by atoms with E-state index in [2.05, 4.69) is 50.5 Å². The van der Waals surface area contributed by atoms with Gasteiger partial charge in [-0.2, -0.15) is 0 Å². The molecule has 0 saturated heterocycles. The quantitative estimate of drug-likeness (QED) is 0.571. The summed E-state index contributed by atoms with van der Waals surface area (Å²) < 4.78 is 10.5. The van der Waals surface area contributed by atoms with E-state index in [9.17, 15) is 0 Å². The van der Waals surface area contributed by atoms with Crippen molar-refractivity contribution in [1.29, 1.82) is 0 Å². The van der Waals surface area contributed by atoms with E-state index in [-0.39, 0.29) is 11.5 Å². The first kappa shape index (κ1) is 19.3. The third-order valence-corrected chi connectivity index (χ3v) is 3.63. The molecular formula is C18H31N3O2. The second kappa shape index (κ2) is 9.40. The second-order valence-corrected chi connectivity index (χ2v) is 6.31. The zero-order chi connectivity index (χ0) is 17.3. The number of nitrogens with one attached hydrogen (secondary N) is 2. The van der Waals surface area contributed by atoms with Crippen LogP contribution in [0.4, 0.5) is 0 Å². The number of guanidine groups is 1. The van der Waals surface area contributed by atoms with Crippen molar-refractivity contribution >= 4 is 5.96 Å². The van der Waals surface area contributed by atoms with Crippen LogP contribution in [0.25, 0.3) is 0 Å². The number of methoxy groups -OCH3 is 2. The summed E-state index contributed by atoms with van der Waals surface area (Å²) in [5, 5.41) is 6.63. The highest BCUT2D eigenvalue weighted by Gasteiger charge is 2.21. The van der Waals surface area contributed by atoms with Gasteiger partial charge in [-0.15, -0.1) is 0 Å². The summed E-state index contributed by atoms with van der Waals surface area (Å²) in [7, 11) is 3.39. The molecule has 1 unspecified atom stereocenters. The maximum atomic E-state index is 5.32. The highest BCUT2D eigenvalue weighted by molar-refractivity contribution is 5.80. The van der Waals surface area contributed by atoms with Gasteiger partial charge in [-0.1, -0.05) is 26.0 Å². The Hall–Kier alpha value is -1.75. The third kappa shape index (κ3) is 6.48. The van der Waals surface area contributed by atoms with Gasteiger partial charge >= 0.3 is 0 Å². The largest absolute Gasteiger partial charge is 0.497 e. The number of ether oxygens (including phenoxy) is 2. The summed E-state index contributed by atoms with van der Waals surface area (Å²) in [6.45, 7) is 10.7. The fourth-order valence-electron chi connectivity index (χ4n) is 2.26. The van der Waals surface area contributed by atoms with Crippen molar-refractivity contribution in [2.24, 2.45) is 4.99 Å². The number of benzene rings is 1. The van der Waals surface area contributed by atoms with E-state index in [0.29, 0.717) is 13.2 Å². The van der Waals surface area contributed by atoms with E-state index >= 15 is 0 Å². The zero-order valence-corrected chi connectivity index (χ0v) is 15.3. The molecule has 0 spiro atoms. The van der Waals surface area contributed by atoms with E-state index in [0.717, 1.165) is 18.3 Å². The summed E-state index contributed by atoms with van der Waals surface area (Å²) in [6.07, 6.45) is 0. The molecule has 23 heavy (non-hydrogen) atoms. The molecule has 130 valence electrons. The molecule has 0 aliphatic heterocycles. The predicted molar refractivity (Wildman–Crippen MR) is 96.5 cm³/mol. The van der Waals surface area contributed by atoms with Gasteiger partial charge < -0.3 is 20.1 Å².